The van der Waals surface area contributed by atoms with E-state index in [1.54, 1.807) is 11.2 Å². The van der Waals surface area contributed by atoms with Crippen molar-refractivity contribution in [3.8, 4) is 0 Å². The molecule has 0 unspecified atom stereocenters. The molecule has 1 aliphatic rings. The van der Waals surface area contributed by atoms with Crippen molar-refractivity contribution in [1.29, 1.82) is 0 Å². The summed E-state index contributed by atoms with van der Waals surface area (Å²) in [4.78, 5) is 31.1. The second kappa shape index (κ2) is 6.58. The Morgan fingerprint density at radius 3 is 2.58 bits per heavy atom. The molecule has 1 aromatic carbocycles. The highest BCUT2D eigenvalue weighted by molar-refractivity contribution is 5.92. The Kier molecular flexibility index (Phi) is 4.11. The topological polar surface area (TPSA) is 94.1 Å². The van der Waals surface area contributed by atoms with Crippen LogP contribution in [0.5, 0.6) is 0 Å². The molecule has 9 nitrogen and oxygen atoms in total. The van der Waals surface area contributed by atoms with Crippen LogP contribution < -0.4 is 9.80 Å². The lowest BCUT2D eigenvalue weighted by atomic mass is 10.1. The van der Waals surface area contributed by atoms with Crippen molar-refractivity contribution in [2.24, 2.45) is 0 Å². The fourth-order valence-electron chi connectivity index (χ4n) is 3.21. The molecule has 0 saturated carbocycles. The molecule has 3 aromatic rings. The highest BCUT2D eigenvalue weighted by atomic mass is 16.2. The van der Waals surface area contributed by atoms with Gasteiger partial charge in [0.1, 0.15) is 18.5 Å². The van der Waals surface area contributed by atoms with Crippen LogP contribution in [0.25, 0.3) is 10.9 Å². The van der Waals surface area contributed by atoms with Crippen LogP contribution in [-0.2, 0) is 0 Å². The van der Waals surface area contributed by atoms with Crippen LogP contribution in [0.15, 0.2) is 30.9 Å². The monoisotopic (exact) mass is 352 g/mol. The van der Waals surface area contributed by atoms with Crippen LogP contribution in [-0.4, -0.2) is 76.2 Å². The number of hydrogen-bond acceptors (Lipinski definition) is 7. The van der Waals surface area contributed by atoms with Crippen molar-refractivity contribution in [3.63, 3.8) is 0 Å². The number of aromatic nitrogens is 5. The average molecular weight is 352 g/mol. The van der Waals surface area contributed by atoms with E-state index in [4.69, 9.17) is 0 Å². The predicted octanol–water partition coefficient (Wildman–Crippen LogP) is 0.776. The molecule has 1 fully saturated rings. The number of H-pyrrole nitrogens is 1. The highest BCUT2D eigenvalue weighted by Crippen LogP contribution is 2.27. The van der Waals surface area contributed by atoms with Crippen LogP contribution >= 0.6 is 0 Å². The molecule has 0 radical (unpaired) electrons. The Balaban J connectivity index is 1.52. The van der Waals surface area contributed by atoms with Crippen LogP contribution in [0.1, 0.15) is 10.6 Å². The van der Waals surface area contributed by atoms with E-state index in [9.17, 15) is 4.79 Å². The first-order valence-electron chi connectivity index (χ1n) is 8.45. The zero-order valence-electron chi connectivity index (χ0n) is 14.8. The van der Waals surface area contributed by atoms with E-state index >= 15 is 0 Å². The standard InChI is InChI=1S/C17H20N8O/c1-23(2)16-13-9-12(3-4-14(13)18-10-20-16)24-5-7-25(8-6-24)17(26)15-19-11-21-22-15/h3-4,9-11H,5-8H2,1-2H3,(H,19,21,22). The first kappa shape index (κ1) is 16.2. The van der Waals surface area contributed by atoms with Crippen LogP contribution in [0.2, 0.25) is 0 Å². The number of carbonyl (C=O) groups is 1. The molecule has 134 valence electrons. The lowest BCUT2D eigenvalue weighted by molar-refractivity contribution is 0.0735. The predicted molar refractivity (Wildman–Crippen MR) is 98.4 cm³/mol. The molecule has 0 aliphatic carbocycles. The van der Waals surface area contributed by atoms with Gasteiger partial charge in [-0.3, -0.25) is 9.89 Å². The summed E-state index contributed by atoms with van der Waals surface area (Å²) in [6.45, 7) is 2.81. The first-order chi connectivity index (χ1) is 12.6. The van der Waals surface area contributed by atoms with E-state index in [0.717, 1.165) is 35.5 Å². The number of amides is 1. The van der Waals surface area contributed by atoms with E-state index in [1.165, 1.54) is 6.33 Å². The third-order valence-electron chi connectivity index (χ3n) is 4.57. The number of carbonyl (C=O) groups excluding carboxylic acids is 1. The van der Waals surface area contributed by atoms with Crippen molar-refractivity contribution in [2.75, 3.05) is 50.1 Å². The number of fused-ring (bicyclic) bond motifs is 1. The third-order valence-corrected chi connectivity index (χ3v) is 4.57. The van der Waals surface area contributed by atoms with E-state index < -0.39 is 0 Å². The summed E-state index contributed by atoms with van der Waals surface area (Å²) in [5, 5.41) is 7.40. The van der Waals surface area contributed by atoms with E-state index in [1.807, 2.05) is 25.1 Å². The quantitative estimate of drug-likeness (QED) is 0.744. The molecule has 0 atom stereocenters. The van der Waals surface area contributed by atoms with E-state index in [2.05, 4.69) is 42.2 Å². The summed E-state index contributed by atoms with van der Waals surface area (Å²) in [7, 11) is 3.95. The Bertz CT molecular complexity index is 916. The normalized spacial score (nSPS) is 14.7. The van der Waals surface area contributed by atoms with Gasteiger partial charge < -0.3 is 14.7 Å². The van der Waals surface area contributed by atoms with Gasteiger partial charge in [0.25, 0.3) is 5.91 Å². The number of rotatable bonds is 3. The molecule has 1 N–H and O–H groups in total. The zero-order chi connectivity index (χ0) is 18.1. The number of nitrogens with one attached hydrogen (secondary N) is 1. The maximum absolute atomic E-state index is 12.4. The summed E-state index contributed by atoms with van der Waals surface area (Å²) in [5.41, 5.74) is 2.04. The number of nitrogens with zero attached hydrogens (tertiary/aromatic N) is 7. The maximum atomic E-state index is 12.4. The fraction of sp³-hybridized carbons (Fsp3) is 0.353. The average Bonchev–Trinajstić information content (AvgIpc) is 3.21. The van der Waals surface area contributed by atoms with E-state index in [-0.39, 0.29) is 11.7 Å². The lowest BCUT2D eigenvalue weighted by Crippen LogP contribution is -2.49. The lowest BCUT2D eigenvalue weighted by Gasteiger charge is -2.35. The third kappa shape index (κ3) is 2.92. The number of hydrogen-bond donors (Lipinski definition) is 1. The smallest absolute Gasteiger partial charge is 0.291 e. The Morgan fingerprint density at radius 2 is 1.88 bits per heavy atom. The summed E-state index contributed by atoms with van der Waals surface area (Å²) in [5.74, 6) is 1.08. The summed E-state index contributed by atoms with van der Waals surface area (Å²) in [6, 6.07) is 6.21. The molecule has 3 heterocycles. The highest BCUT2D eigenvalue weighted by Gasteiger charge is 2.24. The van der Waals surface area contributed by atoms with Crippen molar-refractivity contribution < 1.29 is 4.79 Å². The minimum Gasteiger partial charge on any atom is -0.368 e. The van der Waals surface area contributed by atoms with Crippen LogP contribution in [0, 0.1) is 0 Å². The van der Waals surface area contributed by atoms with Gasteiger partial charge in [0.05, 0.1) is 5.52 Å². The second-order valence-electron chi connectivity index (χ2n) is 6.41. The molecule has 9 heteroatoms. The number of aromatic amines is 1. The summed E-state index contributed by atoms with van der Waals surface area (Å²) >= 11 is 0. The van der Waals surface area contributed by atoms with Gasteiger partial charge in [0.2, 0.25) is 5.82 Å². The minimum atomic E-state index is -0.107. The molecule has 1 amide bonds. The maximum Gasteiger partial charge on any atom is 0.291 e. The SMILES string of the molecule is CN(C)c1ncnc2ccc(N3CCN(C(=O)c4ncn[nH]4)CC3)cc12. The Labute approximate surface area is 150 Å². The van der Waals surface area contributed by atoms with Gasteiger partial charge in [-0.25, -0.2) is 15.0 Å². The summed E-state index contributed by atoms with van der Waals surface area (Å²) in [6.07, 6.45) is 2.94. The van der Waals surface area contributed by atoms with Gasteiger partial charge in [-0.2, -0.15) is 5.10 Å². The van der Waals surface area contributed by atoms with Gasteiger partial charge in [-0.15, -0.1) is 0 Å². The molecule has 4 rings (SSSR count). The van der Waals surface area contributed by atoms with Gasteiger partial charge in [-0.05, 0) is 18.2 Å². The molecular weight excluding hydrogens is 332 g/mol. The molecule has 1 saturated heterocycles. The Hall–Kier alpha value is -3.23. The van der Waals surface area contributed by atoms with Gasteiger partial charge in [0.15, 0.2) is 0 Å². The minimum absolute atomic E-state index is 0.107. The number of benzene rings is 1. The van der Waals surface area contributed by atoms with Gasteiger partial charge in [0, 0.05) is 51.3 Å². The van der Waals surface area contributed by atoms with Crippen LogP contribution in [0.3, 0.4) is 0 Å². The van der Waals surface area contributed by atoms with Crippen LogP contribution in [0.4, 0.5) is 11.5 Å². The number of piperazine rings is 1. The van der Waals surface area contributed by atoms with Crippen molar-refractivity contribution in [1.82, 2.24) is 30.0 Å². The molecule has 2 aromatic heterocycles. The Morgan fingerprint density at radius 1 is 1.08 bits per heavy atom. The first-order valence-corrected chi connectivity index (χ1v) is 8.45. The van der Waals surface area contributed by atoms with Crippen molar-refractivity contribution >= 4 is 28.3 Å². The van der Waals surface area contributed by atoms with Crippen molar-refractivity contribution in [3.05, 3.63) is 36.7 Å². The van der Waals surface area contributed by atoms with Gasteiger partial charge >= 0.3 is 0 Å². The zero-order valence-corrected chi connectivity index (χ0v) is 14.8. The molecular formula is C17H20N8O. The second-order valence-corrected chi connectivity index (χ2v) is 6.41. The molecule has 26 heavy (non-hydrogen) atoms. The van der Waals surface area contributed by atoms with E-state index in [0.29, 0.717) is 13.1 Å². The summed E-state index contributed by atoms with van der Waals surface area (Å²) < 4.78 is 0. The number of anilines is 2. The fourth-order valence-corrected chi connectivity index (χ4v) is 3.21. The van der Waals surface area contributed by atoms with Crippen molar-refractivity contribution in [2.45, 2.75) is 0 Å². The largest absolute Gasteiger partial charge is 0.368 e. The molecule has 1 aliphatic heterocycles. The molecule has 0 spiro atoms. The van der Waals surface area contributed by atoms with Gasteiger partial charge in [-0.1, -0.05) is 0 Å². The molecule has 0 bridgehead atoms.